The molecular weight excluding hydrogens is 518 g/mol. The number of likely N-dealkylation sites (tertiary alicyclic amines) is 1. The Morgan fingerprint density at radius 3 is 2.56 bits per heavy atom. The Hall–Kier alpha value is -3.65. The van der Waals surface area contributed by atoms with E-state index >= 15 is 0 Å². The summed E-state index contributed by atoms with van der Waals surface area (Å²) in [6.45, 7) is 4.09. The largest absolute Gasteiger partial charge is 0.484 e. The first-order chi connectivity index (χ1) is 19.9. The van der Waals surface area contributed by atoms with Crippen molar-refractivity contribution in [3.8, 4) is 5.75 Å². The van der Waals surface area contributed by atoms with Gasteiger partial charge in [0.05, 0.1) is 5.41 Å². The lowest BCUT2D eigenvalue weighted by molar-refractivity contribution is -0.140. The molecule has 3 heterocycles. The van der Waals surface area contributed by atoms with E-state index in [0.29, 0.717) is 70.6 Å². The third-order valence-electron chi connectivity index (χ3n) is 8.81. The van der Waals surface area contributed by atoms with Gasteiger partial charge < -0.3 is 25.0 Å². The van der Waals surface area contributed by atoms with E-state index in [2.05, 4.69) is 22.8 Å². The quantitative estimate of drug-likeness (QED) is 0.546. The monoisotopic (exact) mass is 559 g/mol. The molecule has 2 aromatic carbocycles. The Morgan fingerprint density at radius 1 is 1.02 bits per heavy atom. The van der Waals surface area contributed by atoms with Crippen LogP contribution in [0.3, 0.4) is 0 Å². The molecule has 2 fully saturated rings. The van der Waals surface area contributed by atoms with Crippen molar-refractivity contribution in [2.24, 2.45) is 11.3 Å². The van der Waals surface area contributed by atoms with E-state index in [0.717, 1.165) is 11.1 Å². The van der Waals surface area contributed by atoms with Crippen molar-refractivity contribution < 1.29 is 23.9 Å². The Balaban J connectivity index is 1.32. The summed E-state index contributed by atoms with van der Waals surface area (Å²) in [6.07, 6.45) is 7.86. The number of hydrogen-bond acceptors (Lipinski definition) is 5. The van der Waals surface area contributed by atoms with Gasteiger partial charge in [-0.15, -0.1) is 0 Å². The van der Waals surface area contributed by atoms with Crippen LogP contribution in [0.5, 0.6) is 5.75 Å². The Kier molecular flexibility index (Phi) is 9.39. The molecular formula is C33H41N3O5. The summed E-state index contributed by atoms with van der Waals surface area (Å²) in [5.74, 6) is 0.470. The smallest absolute Gasteiger partial charge is 0.260 e. The van der Waals surface area contributed by atoms with E-state index in [9.17, 15) is 14.4 Å². The lowest BCUT2D eigenvalue weighted by Gasteiger charge is -2.40. The highest BCUT2D eigenvalue weighted by Crippen LogP contribution is 2.36. The molecule has 5 rings (SSSR count). The van der Waals surface area contributed by atoms with Gasteiger partial charge in [-0.05, 0) is 56.2 Å². The minimum Gasteiger partial charge on any atom is -0.484 e. The van der Waals surface area contributed by atoms with Crippen LogP contribution in [0.1, 0.15) is 43.2 Å². The molecule has 2 saturated heterocycles. The molecule has 0 unspecified atom stereocenters. The normalized spacial score (nSPS) is 24.8. The zero-order chi connectivity index (χ0) is 28.7. The van der Waals surface area contributed by atoms with Gasteiger partial charge in [-0.2, -0.15) is 0 Å². The zero-order valence-electron chi connectivity index (χ0n) is 23.8. The molecule has 2 aromatic rings. The van der Waals surface area contributed by atoms with Crippen LogP contribution in [0.2, 0.25) is 0 Å². The number of allylic oxidation sites excluding steroid dienone is 2. The summed E-state index contributed by atoms with van der Waals surface area (Å²) in [6, 6.07) is 16.7. The Morgan fingerprint density at radius 2 is 1.78 bits per heavy atom. The van der Waals surface area contributed by atoms with Crippen LogP contribution in [0, 0.1) is 18.3 Å². The zero-order valence-corrected chi connectivity index (χ0v) is 23.8. The van der Waals surface area contributed by atoms with Crippen LogP contribution in [-0.2, 0) is 25.5 Å². The second kappa shape index (κ2) is 13.3. The van der Waals surface area contributed by atoms with E-state index < -0.39 is 11.5 Å². The number of para-hydroxylation sites is 1. The average molecular weight is 560 g/mol. The van der Waals surface area contributed by atoms with Crippen LogP contribution in [0.15, 0.2) is 66.7 Å². The molecule has 3 amide bonds. The number of aryl methyl sites for hydroxylation is 1. The molecule has 0 aliphatic carbocycles. The van der Waals surface area contributed by atoms with Crippen molar-refractivity contribution in [2.45, 2.75) is 57.5 Å². The number of rotatable bonds is 5. The third-order valence-corrected chi connectivity index (χ3v) is 8.81. The Bertz CT molecular complexity index is 1240. The van der Waals surface area contributed by atoms with Crippen molar-refractivity contribution in [3.05, 3.63) is 77.9 Å². The van der Waals surface area contributed by atoms with Gasteiger partial charge in [0.1, 0.15) is 11.8 Å². The predicted molar refractivity (Wildman–Crippen MR) is 156 cm³/mol. The molecule has 3 aliphatic heterocycles. The molecule has 0 saturated carbocycles. The first-order valence-electron chi connectivity index (χ1n) is 14.8. The van der Waals surface area contributed by atoms with Gasteiger partial charge >= 0.3 is 0 Å². The summed E-state index contributed by atoms with van der Waals surface area (Å²) < 4.78 is 11.4. The number of fused-ring (bicyclic) bond motifs is 1. The van der Waals surface area contributed by atoms with Gasteiger partial charge in [-0.25, -0.2) is 0 Å². The van der Waals surface area contributed by atoms with Crippen molar-refractivity contribution in [1.82, 2.24) is 15.5 Å². The number of hydrogen-bond donors (Lipinski definition) is 2. The number of amides is 3. The number of benzene rings is 2. The second-order valence-corrected chi connectivity index (χ2v) is 11.6. The molecule has 3 aliphatic rings. The molecule has 218 valence electrons. The summed E-state index contributed by atoms with van der Waals surface area (Å²) >= 11 is 0. The SMILES string of the molecule is Cc1ccccc1OCC(=O)N1CC[C@@H]2NC(=O)[C@@H](Cc3ccccc3)NC(=O)C3(CC=CC[C@@H]2C1)CCOCC3. The molecule has 3 atom stereocenters. The second-order valence-electron chi connectivity index (χ2n) is 11.6. The van der Waals surface area contributed by atoms with Crippen LogP contribution in [0.4, 0.5) is 0 Å². The minimum atomic E-state index is -0.684. The predicted octanol–water partition coefficient (Wildman–Crippen LogP) is 3.58. The van der Waals surface area contributed by atoms with Gasteiger partial charge in [-0.3, -0.25) is 14.4 Å². The maximum absolute atomic E-state index is 13.7. The van der Waals surface area contributed by atoms with Gasteiger partial charge in [-0.1, -0.05) is 60.7 Å². The molecule has 41 heavy (non-hydrogen) atoms. The fourth-order valence-corrected chi connectivity index (χ4v) is 6.16. The van der Waals surface area contributed by atoms with E-state index in [1.807, 2.05) is 66.4 Å². The minimum absolute atomic E-state index is 0.0137. The fourth-order valence-electron chi connectivity index (χ4n) is 6.16. The number of nitrogens with one attached hydrogen (secondary N) is 2. The van der Waals surface area contributed by atoms with E-state index in [-0.39, 0.29) is 36.3 Å². The van der Waals surface area contributed by atoms with Crippen LogP contribution in [0.25, 0.3) is 0 Å². The first kappa shape index (κ1) is 28.9. The molecule has 8 nitrogen and oxygen atoms in total. The fraction of sp³-hybridized carbons (Fsp3) is 0.485. The maximum Gasteiger partial charge on any atom is 0.260 e. The highest BCUT2D eigenvalue weighted by Gasteiger charge is 2.41. The summed E-state index contributed by atoms with van der Waals surface area (Å²) in [5, 5.41) is 6.39. The van der Waals surface area contributed by atoms with Gasteiger partial charge in [0.25, 0.3) is 5.91 Å². The third kappa shape index (κ3) is 7.17. The van der Waals surface area contributed by atoms with E-state index in [4.69, 9.17) is 9.47 Å². The van der Waals surface area contributed by atoms with Crippen molar-refractivity contribution in [2.75, 3.05) is 32.9 Å². The van der Waals surface area contributed by atoms with Crippen LogP contribution < -0.4 is 15.4 Å². The summed E-state index contributed by atoms with van der Waals surface area (Å²) in [5.41, 5.74) is 1.39. The topological polar surface area (TPSA) is 97.0 Å². The molecule has 0 bridgehead atoms. The lowest BCUT2D eigenvalue weighted by Crippen LogP contribution is -2.58. The summed E-state index contributed by atoms with van der Waals surface area (Å²) in [7, 11) is 0. The first-order valence-corrected chi connectivity index (χ1v) is 14.8. The molecule has 0 aromatic heterocycles. The highest BCUT2D eigenvalue weighted by molar-refractivity contribution is 5.90. The lowest BCUT2D eigenvalue weighted by atomic mass is 9.75. The maximum atomic E-state index is 13.7. The molecule has 8 heteroatoms. The van der Waals surface area contributed by atoms with Crippen molar-refractivity contribution >= 4 is 17.7 Å². The number of ether oxygens (including phenoxy) is 2. The molecule has 2 N–H and O–H groups in total. The highest BCUT2D eigenvalue weighted by atomic mass is 16.5. The van der Waals surface area contributed by atoms with Crippen LogP contribution >= 0.6 is 0 Å². The van der Waals surface area contributed by atoms with E-state index in [1.165, 1.54) is 0 Å². The van der Waals surface area contributed by atoms with Gasteiger partial charge in [0.15, 0.2) is 6.61 Å². The number of nitrogens with zero attached hydrogens (tertiary/aromatic N) is 1. The number of carbonyl (C=O) groups is 3. The van der Waals surface area contributed by atoms with Crippen molar-refractivity contribution in [1.29, 1.82) is 0 Å². The van der Waals surface area contributed by atoms with Gasteiger partial charge in [0.2, 0.25) is 11.8 Å². The van der Waals surface area contributed by atoms with Gasteiger partial charge in [0, 0.05) is 44.7 Å². The van der Waals surface area contributed by atoms with E-state index in [1.54, 1.807) is 0 Å². The average Bonchev–Trinajstić information content (AvgIpc) is 2.99. The van der Waals surface area contributed by atoms with Crippen LogP contribution in [-0.4, -0.2) is 67.6 Å². The Labute approximate surface area is 242 Å². The van der Waals surface area contributed by atoms with Crippen molar-refractivity contribution in [3.63, 3.8) is 0 Å². The number of piperidine rings is 1. The molecule has 0 radical (unpaired) electrons. The standard InChI is InChI=1S/C33H41N3O5/c1-24-9-5-6-13-29(24)41-23-30(37)36-18-14-27-26(22-36)12-7-8-15-33(16-19-40-20-17-33)32(39)35-28(31(38)34-27)21-25-10-3-2-4-11-25/h2-11,13,26-28H,12,14-23H2,1H3,(H,34,38)(H,35,39)/t26-,27+,28-/m1/s1. The number of carbonyl (C=O) groups excluding carboxylic acids is 3. The summed E-state index contributed by atoms with van der Waals surface area (Å²) in [4.78, 5) is 42.4. The molecule has 1 spiro atoms.